The molecule has 0 bridgehead atoms. The zero-order valence-corrected chi connectivity index (χ0v) is 13.8. The fourth-order valence-corrected chi connectivity index (χ4v) is 2.46. The highest BCUT2D eigenvalue weighted by atomic mass is 79.9. The summed E-state index contributed by atoms with van der Waals surface area (Å²) in [6.45, 7) is 3.48. The van der Waals surface area contributed by atoms with Gasteiger partial charge in [-0.05, 0) is 32.2 Å². The van der Waals surface area contributed by atoms with Gasteiger partial charge in [-0.15, -0.1) is 10.2 Å². The van der Waals surface area contributed by atoms with Gasteiger partial charge < -0.3 is 9.30 Å². The van der Waals surface area contributed by atoms with Gasteiger partial charge in [0.2, 0.25) is 0 Å². The van der Waals surface area contributed by atoms with E-state index in [1.165, 1.54) is 0 Å². The fraction of sp³-hybridized carbons (Fsp3) is 0.429. The van der Waals surface area contributed by atoms with E-state index in [9.17, 15) is 0 Å². The number of methoxy groups -OCH3 is 1. The number of hydrogen-bond acceptors (Lipinski definition) is 4. The lowest BCUT2D eigenvalue weighted by atomic mass is 10.2. The van der Waals surface area contributed by atoms with Crippen LogP contribution in [0.1, 0.15) is 17.2 Å². The lowest BCUT2D eigenvalue weighted by molar-refractivity contribution is 0.299. The molecule has 1 aromatic carbocycles. The normalized spacial score (nSPS) is 11.1. The molecule has 1 heterocycles. The van der Waals surface area contributed by atoms with Crippen molar-refractivity contribution in [3.63, 3.8) is 0 Å². The van der Waals surface area contributed by atoms with Gasteiger partial charge >= 0.3 is 0 Å². The Labute approximate surface area is 127 Å². The van der Waals surface area contributed by atoms with Gasteiger partial charge in [0.1, 0.15) is 17.4 Å². The molecule has 0 radical (unpaired) electrons. The van der Waals surface area contributed by atoms with Gasteiger partial charge in [0, 0.05) is 23.6 Å². The molecule has 0 saturated carbocycles. The maximum atomic E-state index is 5.40. The van der Waals surface area contributed by atoms with Crippen molar-refractivity contribution >= 4 is 15.9 Å². The van der Waals surface area contributed by atoms with Crippen molar-refractivity contribution < 1.29 is 4.74 Å². The van der Waals surface area contributed by atoms with E-state index < -0.39 is 0 Å². The molecule has 108 valence electrons. The minimum atomic E-state index is 0.743. The van der Waals surface area contributed by atoms with Crippen LogP contribution in [0.2, 0.25) is 0 Å². The Morgan fingerprint density at radius 2 is 2.05 bits per heavy atom. The van der Waals surface area contributed by atoms with E-state index in [0.29, 0.717) is 0 Å². The number of aryl methyl sites for hydroxylation is 1. The SMILES string of the molecule is COc1ccc(Br)cc1CN(C)Cc1nnc(C)n1C. The highest BCUT2D eigenvalue weighted by molar-refractivity contribution is 9.10. The van der Waals surface area contributed by atoms with Crippen molar-refractivity contribution in [3.8, 4) is 5.75 Å². The molecule has 2 aromatic rings. The number of nitrogens with zero attached hydrogens (tertiary/aromatic N) is 4. The van der Waals surface area contributed by atoms with Gasteiger partial charge in [-0.3, -0.25) is 4.90 Å². The summed E-state index contributed by atoms with van der Waals surface area (Å²) in [4.78, 5) is 2.19. The molecule has 1 aromatic heterocycles. The molecular formula is C14H19BrN4O. The number of rotatable bonds is 5. The molecule has 0 amide bonds. The van der Waals surface area contributed by atoms with Crippen LogP contribution in [0.4, 0.5) is 0 Å². The Morgan fingerprint density at radius 1 is 1.30 bits per heavy atom. The van der Waals surface area contributed by atoms with Crippen LogP contribution in [-0.2, 0) is 20.1 Å². The zero-order valence-electron chi connectivity index (χ0n) is 12.2. The maximum Gasteiger partial charge on any atom is 0.146 e. The van der Waals surface area contributed by atoms with Crippen LogP contribution < -0.4 is 4.74 Å². The van der Waals surface area contributed by atoms with E-state index in [4.69, 9.17) is 4.74 Å². The van der Waals surface area contributed by atoms with Crippen molar-refractivity contribution in [3.05, 3.63) is 39.9 Å². The van der Waals surface area contributed by atoms with Gasteiger partial charge in [-0.25, -0.2) is 0 Å². The summed E-state index contributed by atoms with van der Waals surface area (Å²) in [6, 6.07) is 6.03. The van der Waals surface area contributed by atoms with Crippen molar-refractivity contribution in [1.29, 1.82) is 0 Å². The summed E-state index contributed by atoms with van der Waals surface area (Å²) in [5, 5.41) is 8.27. The minimum absolute atomic E-state index is 0.743. The smallest absolute Gasteiger partial charge is 0.146 e. The second-order valence-corrected chi connectivity index (χ2v) is 5.77. The van der Waals surface area contributed by atoms with Gasteiger partial charge in [0.05, 0.1) is 13.7 Å². The lowest BCUT2D eigenvalue weighted by Crippen LogP contribution is -2.20. The summed E-state index contributed by atoms with van der Waals surface area (Å²) in [5.74, 6) is 2.78. The van der Waals surface area contributed by atoms with Gasteiger partial charge in [0.15, 0.2) is 0 Å². The van der Waals surface area contributed by atoms with Crippen LogP contribution in [0.5, 0.6) is 5.75 Å². The largest absolute Gasteiger partial charge is 0.496 e. The quantitative estimate of drug-likeness (QED) is 0.840. The topological polar surface area (TPSA) is 43.2 Å². The van der Waals surface area contributed by atoms with Crippen molar-refractivity contribution in [2.45, 2.75) is 20.0 Å². The number of hydrogen-bond donors (Lipinski definition) is 0. The summed E-state index contributed by atoms with van der Waals surface area (Å²) in [5.41, 5.74) is 1.14. The molecule has 0 unspecified atom stereocenters. The second kappa shape index (κ2) is 6.37. The van der Waals surface area contributed by atoms with Gasteiger partial charge in [-0.1, -0.05) is 15.9 Å². The van der Waals surface area contributed by atoms with Crippen molar-refractivity contribution in [2.75, 3.05) is 14.2 Å². The highest BCUT2D eigenvalue weighted by Gasteiger charge is 2.11. The number of ether oxygens (including phenoxy) is 1. The molecule has 0 spiro atoms. The molecule has 0 atom stereocenters. The summed E-state index contributed by atoms with van der Waals surface area (Å²) < 4.78 is 8.46. The molecule has 0 aliphatic rings. The predicted molar refractivity (Wildman–Crippen MR) is 81.6 cm³/mol. The monoisotopic (exact) mass is 338 g/mol. The first-order valence-corrected chi connectivity index (χ1v) is 7.16. The molecule has 0 aliphatic heterocycles. The van der Waals surface area contributed by atoms with E-state index in [0.717, 1.165) is 40.5 Å². The Bertz CT molecular complexity index is 597. The first kappa shape index (κ1) is 15.0. The Kier molecular flexibility index (Phi) is 4.77. The van der Waals surface area contributed by atoms with E-state index in [1.807, 2.05) is 30.7 Å². The summed E-state index contributed by atoms with van der Waals surface area (Å²) in [7, 11) is 5.74. The summed E-state index contributed by atoms with van der Waals surface area (Å²) in [6.07, 6.45) is 0. The molecule has 20 heavy (non-hydrogen) atoms. The van der Waals surface area contributed by atoms with Crippen molar-refractivity contribution in [1.82, 2.24) is 19.7 Å². The highest BCUT2D eigenvalue weighted by Crippen LogP contribution is 2.24. The van der Waals surface area contributed by atoms with E-state index in [-0.39, 0.29) is 0 Å². The van der Waals surface area contributed by atoms with Crippen LogP contribution in [-0.4, -0.2) is 33.8 Å². The van der Waals surface area contributed by atoms with E-state index >= 15 is 0 Å². The van der Waals surface area contributed by atoms with Gasteiger partial charge in [-0.2, -0.15) is 0 Å². The third kappa shape index (κ3) is 3.37. The van der Waals surface area contributed by atoms with Crippen LogP contribution >= 0.6 is 15.9 Å². The number of halogens is 1. The van der Waals surface area contributed by atoms with Crippen LogP contribution in [0, 0.1) is 6.92 Å². The molecule has 0 N–H and O–H groups in total. The Hall–Kier alpha value is -1.40. The third-order valence-electron chi connectivity index (χ3n) is 3.28. The maximum absolute atomic E-state index is 5.40. The average molecular weight is 339 g/mol. The average Bonchev–Trinajstić information content (AvgIpc) is 2.71. The molecule has 2 rings (SSSR count). The molecule has 6 heteroatoms. The minimum Gasteiger partial charge on any atom is -0.496 e. The number of benzene rings is 1. The summed E-state index contributed by atoms with van der Waals surface area (Å²) >= 11 is 3.50. The van der Waals surface area contributed by atoms with E-state index in [2.05, 4.69) is 44.1 Å². The number of aromatic nitrogens is 3. The Morgan fingerprint density at radius 3 is 2.65 bits per heavy atom. The molecule has 0 saturated heterocycles. The van der Waals surface area contributed by atoms with E-state index in [1.54, 1.807) is 7.11 Å². The molecule has 0 fully saturated rings. The fourth-order valence-electron chi connectivity index (χ4n) is 2.05. The first-order chi connectivity index (χ1) is 9.51. The third-order valence-corrected chi connectivity index (χ3v) is 3.77. The van der Waals surface area contributed by atoms with Crippen LogP contribution in [0.3, 0.4) is 0 Å². The molecular weight excluding hydrogens is 320 g/mol. The zero-order chi connectivity index (χ0) is 14.7. The second-order valence-electron chi connectivity index (χ2n) is 4.85. The first-order valence-electron chi connectivity index (χ1n) is 6.37. The van der Waals surface area contributed by atoms with Gasteiger partial charge in [0.25, 0.3) is 0 Å². The molecule has 5 nitrogen and oxygen atoms in total. The lowest BCUT2D eigenvalue weighted by Gasteiger charge is -2.18. The Balaban J connectivity index is 2.10. The van der Waals surface area contributed by atoms with Crippen LogP contribution in [0.25, 0.3) is 0 Å². The van der Waals surface area contributed by atoms with Crippen molar-refractivity contribution in [2.24, 2.45) is 7.05 Å². The van der Waals surface area contributed by atoms with Crippen LogP contribution in [0.15, 0.2) is 22.7 Å². The predicted octanol–water partition coefficient (Wildman–Crippen LogP) is 2.53. The standard InChI is InChI=1S/C14H19BrN4O/c1-10-16-17-14(19(10)3)9-18(2)8-11-7-12(15)5-6-13(11)20-4/h5-7H,8-9H2,1-4H3. The molecule has 0 aliphatic carbocycles.